The molecule has 1 aliphatic heterocycles. The molecule has 0 saturated carbocycles. The average molecular weight is 385 g/mol. The van der Waals surface area contributed by atoms with E-state index in [1.165, 1.54) is 0 Å². The van der Waals surface area contributed by atoms with Crippen molar-refractivity contribution in [2.75, 3.05) is 6.79 Å². The molecule has 6 nitrogen and oxygen atoms in total. The normalized spacial score (nSPS) is 15.0. The van der Waals surface area contributed by atoms with Gasteiger partial charge < -0.3 is 14.8 Å². The van der Waals surface area contributed by atoms with Gasteiger partial charge in [0.25, 0.3) is 0 Å². The first-order chi connectivity index (χ1) is 13.0. The maximum atomic E-state index is 6.10. The second-order valence-electron chi connectivity index (χ2n) is 6.67. The number of nitrogens with one attached hydrogen (secondary N) is 1. The molecule has 1 aliphatic rings. The third kappa shape index (κ3) is 3.50. The lowest BCUT2D eigenvalue weighted by Crippen LogP contribution is -2.23. The van der Waals surface area contributed by atoms with Gasteiger partial charge in [0, 0.05) is 11.1 Å². The third-order valence-electron chi connectivity index (χ3n) is 4.79. The number of hydrogen-bond donors (Lipinski definition) is 1. The molecule has 0 amide bonds. The van der Waals surface area contributed by atoms with Crippen LogP contribution in [0.2, 0.25) is 5.02 Å². The summed E-state index contributed by atoms with van der Waals surface area (Å²) in [4.78, 5) is 0. The van der Waals surface area contributed by atoms with Gasteiger partial charge in [-0.2, -0.15) is 0 Å². The predicted molar refractivity (Wildman–Crippen MR) is 104 cm³/mol. The summed E-state index contributed by atoms with van der Waals surface area (Å²) in [6, 6.07) is 13.7. The standard InChI is InChI=1S/C20H21ClN4O2/c1-12(15-7-8-18-19(9-15)27-11-26-18)22-13(2)20-14(3)25(24-23-20)17-6-4-5-16(21)10-17/h4-10,12-13,22H,11H2,1-3H3. The number of fused-ring (bicyclic) bond motifs is 1. The zero-order chi connectivity index (χ0) is 19.0. The maximum absolute atomic E-state index is 6.10. The first-order valence-corrected chi connectivity index (χ1v) is 9.24. The molecular formula is C20H21ClN4O2. The largest absolute Gasteiger partial charge is 0.454 e. The van der Waals surface area contributed by atoms with Gasteiger partial charge in [0.1, 0.15) is 5.69 Å². The number of ether oxygens (including phenoxy) is 2. The molecule has 0 radical (unpaired) electrons. The molecular weight excluding hydrogens is 364 g/mol. The van der Waals surface area contributed by atoms with Crippen molar-refractivity contribution in [3.05, 3.63) is 64.4 Å². The zero-order valence-corrected chi connectivity index (χ0v) is 16.2. The Hall–Kier alpha value is -2.57. The van der Waals surface area contributed by atoms with Gasteiger partial charge in [0.15, 0.2) is 11.5 Å². The van der Waals surface area contributed by atoms with Crippen LogP contribution >= 0.6 is 11.6 Å². The molecule has 2 aromatic carbocycles. The second kappa shape index (κ2) is 7.21. The van der Waals surface area contributed by atoms with E-state index in [1.54, 1.807) is 0 Å². The Bertz CT molecular complexity index is 972. The summed E-state index contributed by atoms with van der Waals surface area (Å²) < 4.78 is 12.7. The van der Waals surface area contributed by atoms with Crippen molar-refractivity contribution < 1.29 is 9.47 Å². The molecule has 4 rings (SSSR count). The fraction of sp³-hybridized carbons (Fsp3) is 0.300. The van der Waals surface area contributed by atoms with Gasteiger partial charge in [-0.05, 0) is 56.7 Å². The second-order valence-corrected chi connectivity index (χ2v) is 7.11. The molecule has 7 heteroatoms. The van der Waals surface area contributed by atoms with Crippen molar-refractivity contribution in [2.45, 2.75) is 32.9 Å². The van der Waals surface area contributed by atoms with E-state index in [-0.39, 0.29) is 18.9 Å². The molecule has 1 aromatic heterocycles. The molecule has 0 aliphatic carbocycles. The SMILES string of the molecule is Cc1c(C(C)NC(C)c2ccc3c(c2)OCO3)nnn1-c1cccc(Cl)c1. The van der Waals surface area contributed by atoms with Crippen LogP contribution in [-0.4, -0.2) is 21.8 Å². The molecule has 0 bridgehead atoms. The van der Waals surface area contributed by atoms with Crippen molar-refractivity contribution in [1.29, 1.82) is 0 Å². The summed E-state index contributed by atoms with van der Waals surface area (Å²) in [5, 5.41) is 13.0. The van der Waals surface area contributed by atoms with E-state index in [1.807, 2.05) is 54.1 Å². The number of rotatable bonds is 5. The average Bonchev–Trinajstić information content (AvgIpc) is 3.27. The van der Waals surface area contributed by atoms with Crippen LogP contribution in [0.3, 0.4) is 0 Å². The van der Waals surface area contributed by atoms with Crippen molar-refractivity contribution in [3.8, 4) is 17.2 Å². The molecule has 2 heterocycles. The fourth-order valence-corrected chi connectivity index (χ4v) is 3.51. The van der Waals surface area contributed by atoms with E-state index in [4.69, 9.17) is 21.1 Å². The number of nitrogens with zero attached hydrogens (tertiary/aromatic N) is 3. The molecule has 27 heavy (non-hydrogen) atoms. The van der Waals surface area contributed by atoms with E-state index >= 15 is 0 Å². The summed E-state index contributed by atoms with van der Waals surface area (Å²) in [5.41, 5.74) is 3.92. The topological polar surface area (TPSA) is 61.2 Å². The van der Waals surface area contributed by atoms with Gasteiger partial charge in [-0.3, -0.25) is 0 Å². The summed E-state index contributed by atoms with van der Waals surface area (Å²) >= 11 is 6.10. The van der Waals surface area contributed by atoms with Gasteiger partial charge in [-0.1, -0.05) is 28.9 Å². The van der Waals surface area contributed by atoms with Crippen LogP contribution in [0.4, 0.5) is 0 Å². The highest BCUT2D eigenvalue weighted by Gasteiger charge is 2.20. The Morgan fingerprint density at radius 2 is 1.89 bits per heavy atom. The quantitative estimate of drug-likeness (QED) is 0.707. The highest BCUT2D eigenvalue weighted by atomic mass is 35.5. The van der Waals surface area contributed by atoms with Gasteiger partial charge in [0.2, 0.25) is 6.79 Å². The van der Waals surface area contributed by atoms with Crippen molar-refractivity contribution >= 4 is 11.6 Å². The summed E-state index contributed by atoms with van der Waals surface area (Å²) in [5.74, 6) is 1.58. The van der Waals surface area contributed by atoms with Crippen molar-refractivity contribution in [1.82, 2.24) is 20.3 Å². The number of aromatic nitrogens is 3. The number of hydrogen-bond acceptors (Lipinski definition) is 5. The van der Waals surface area contributed by atoms with E-state index < -0.39 is 0 Å². The number of halogens is 1. The first-order valence-electron chi connectivity index (χ1n) is 8.86. The number of benzene rings is 2. The Morgan fingerprint density at radius 1 is 1.07 bits per heavy atom. The first kappa shape index (κ1) is 17.8. The highest BCUT2D eigenvalue weighted by Crippen LogP contribution is 2.34. The van der Waals surface area contributed by atoms with Gasteiger partial charge in [0.05, 0.1) is 17.4 Å². The maximum Gasteiger partial charge on any atom is 0.231 e. The van der Waals surface area contributed by atoms with Crippen LogP contribution in [0.25, 0.3) is 5.69 Å². The molecule has 2 atom stereocenters. The van der Waals surface area contributed by atoms with E-state index in [0.717, 1.165) is 34.1 Å². The Balaban J connectivity index is 1.52. The Kier molecular flexibility index (Phi) is 4.76. The lowest BCUT2D eigenvalue weighted by atomic mass is 10.1. The molecule has 2 unspecified atom stereocenters. The molecule has 3 aromatic rings. The smallest absolute Gasteiger partial charge is 0.231 e. The van der Waals surface area contributed by atoms with E-state index in [2.05, 4.69) is 29.5 Å². The van der Waals surface area contributed by atoms with Crippen LogP contribution in [0.5, 0.6) is 11.5 Å². The molecule has 1 N–H and O–H groups in total. The Labute approximate surface area is 163 Å². The highest BCUT2D eigenvalue weighted by molar-refractivity contribution is 6.30. The van der Waals surface area contributed by atoms with Gasteiger partial charge in [-0.15, -0.1) is 5.10 Å². The minimum atomic E-state index is 0.0263. The predicted octanol–water partition coefficient (Wildman–Crippen LogP) is 4.37. The van der Waals surface area contributed by atoms with Crippen molar-refractivity contribution in [3.63, 3.8) is 0 Å². The van der Waals surface area contributed by atoms with Crippen LogP contribution < -0.4 is 14.8 Å². The van der Waals surface area contributed by atoms with Gasteiger partial charge in [-0.25, -0.2) is 4.68 Å². The van der Waals surface area contributed by atoms with E-state index in [9.17, 15) is 0 Å². The molecule has 0 spiro atoms. The van der Waals surface area contributed by atoms with Crippen LogP contribution in [0, 0.1) is 6.92 Å². The molecule has 0 saturated heterocycles. The van der Waals surface area contributed by atoms with Crippen LogP contribution in [0.15, 0.2) is 42.5 Å². The minimum Gasteiger partial charge on any atom is -0.454 e. The van der Waals surface area contributed by atoms with Gasteiger partial charge >= 0.3 is 0 Å². The fourth-order valence-electron chi connectivity index (χ4n) is 3.33. The van der Waals surface area contributed by atoms with E-state index in [0.29, 0.717) is 5.02 Å². The summed E-state index contributed by atoms with van der Waals surface area (Å²) in [6.07, 6.45) is 0. The monoisotopic (exact) mass is 384 g/mol. The summed E-state index contributed by atoms with van der Waals surface area (Å²) in [7, 11) is 0. The molecule has 140 valence electrons. The Morgan fingerprint density at radius 3 is 2.70 bits per heavy atom. The lowest BCUT2D eigenvalue weighted by molar-refractivity contribution is 0.174. The third-order valence-corrected chi connectivity index (χ3v) is 5.02. The lowest BCUT2D eigenvalue weighted by Gasteiger charge is -2.20. The minimum absolute atomic E-state index is 0.0263. The molecule has 0 fully saturated rings. The van der Waals surface area contributed by atoms with Crippen LogP contribution in [0.1, 0.15) is 42.9 Å². The zero-order valence-electron chi connectivity index (χ0n) is 15.4. The van der Waals surface area contributed by atoms with Crippen molar-refractivity contribution in [2.24, 2.45) is 0 Å². The summed E-state index contributed by atoms with van der Waals surface area (Å²) in [6.45, 7) is 6.50. The van der Waals surface area contributed by atoms with Crippen LogP contribution in [-0.2, 0) is 0 Å².